The maximum absolute atomic E-state index is 11.3. The molecule has 1 aliphatic heterocycles. The van der Waals surface area contributed by atoms with E-state index in [1.54, 1.807) is 0 Å². The third kappa shape index (κ3) is 3.17. The molecule has 1 heterocycles. The van der Waals surface area contributed by atoms with Crippen molar-refractivity contribution >= 4 is 0 Å². The minimum atomic E-state index is -0.0593. The van der Waals surface area contributed by atoms with E-state index in [9.17, 15) is 5.11 Å². The molecule has 0 aromatic rings. The fraction of sp³-hybridized carbons (Fsp3) is 1.00. The lowest BCUT2D eigenvalue weighted by molar-refractivity contribution is -0.0758. The highest BCUT2D eigenvalue weighted by Crippen LogP contribution is 2.45. The number of hydrogen-bond acceptors (Lipinski definition) is 2. The Bertz CT molecular complexity index is 310. The van der Waals surface area contributed by atoms with Crippen LogP contribution in [0.3, 0.4) is 0 Å². The third-order valence-corrected chi connectivity index (χ3v) is 6.92. The van der Waals surface area contributed by atoms with Gasteiger partial charge in [0.05, 0.1) is 6.10 Å². The largest absolute Gasteiger partial charge is 0.391 e. The second-order valence-electron chi connectivity index (χ2n) is 7.99. The summed E-state index contributed by atoms with van der Waals surface area (Å²) < 4.78 is 0. The maximum Gasteiger partial charge on any atom is 0.0751 e. The number of hydrogen-bond donors (Lipinski definition) is 1. The first-order valence-electron chi connectivity index (χ1n) is 9.69. The zero-order chi connectivity index (χ0) is 14.7. The zero-order valence-corrected chi connectivity index (χ0v) is 14.0. The number of nitrogens with zero attached hydrogens (tertiary/aromatic N) is 1. The van der Waals surface area contributed by atoms with Gasteiger partial charge >= 0.3 is 0 Å². The molecule has 3 rings (SSSR count). The summed E-state index contributed by atoms with van der Waals surface area (Å²) >= 11 is 0. The third-order valence-electron chi connectivity index (χ3n) is 6.92. The van der Waals surface area contributed by atoms with Crippen LogP contribution < -0.4 is 0 Å². The summed E-state index contributed by atoms with van der Waals surface area (Å²) in [6, 6.07) is 0. The van der Waals surface area contributed by atoms with Crippen LogP contribution in [0.4, 0.5) is 0 Å². The van der Waals surface area contributed by atoms with Crippen molar-refractivity contribution in [3.63, 3.8) is 0 Å². The van der Waals surface area contributed by atoms with Crippen LogP contribution in [0.1, 0.15) is 84.0 Å². The van der Waals surface area contributed by atoms with Crippen molar-refractivity contribution in [2.24, 2.45) is 11.8 Å². The smallest absolute Gasteiger partial charge is 0.0751 e. The summed E-state index contributed by atoms with van der Waals surface area (Å²) in [5.74, 6) is 1.51. The average Bonchev–Trinajstić information content (AvgIpc) is 3.06. The molecule has 122 valence electrons. The lowest BCUT2D eigenvalue weighted by atomic mass is 9.71. The van der Waals surface area contributed by atoms with Crippen molar-refractivity contribution in [2.75, 3.05) is 13.1 Å². The van der Waals surface area contributed by atoms with Crippen molar-refractivity contribution in [2.45, 2.75) is 95.6 Å². The van der Waals surface area contributed by atoms with Crippen LogP contribution in [0.2, 0.25) is 0 Å². The second kappa shape index (κ2) is 7.00. The quantitative estimate of drug-likeness (QED) is 0.832. The average molecular weight is 293 g/mol. The normalized spacial score (nSPS) is 35.7. The molecular formula is C19H35NO. The van der Waals surface area contributed by atoms with E-state index < -0.39 is 0 Å². The van der Waals surface area contributed by atoms with Gasteiger partial charge in [0.1, 0.15) is 0 Å². The van der Waals surface area contributed by atoms with E-state index in [4.69, 9.17) is 0 Å². The van der Waals surface area contributed by atoms with Crippen molar-refractivity contribution in [3.8, 4) is 0 Å². The first-order valence-corrected chi connectivity index (χ1v) is 9.69. The fourth-order valence-corrected chi connectivity index (χ4v) is 5.48. The van der Waals surface area contributed by atoms with Crippen molar-refractivity contribution < 1.29 is 5.11 Å². The molecule has 21 heavy (non-hydrogen) atoms. The Labute approximate surface area is 131 Å². The van der Waals surface area contributed by atoms with E-state index in [-0.39, 0.29) is 11.6 Å². The Morgan fingerprint density at radius 2 is 1.57 bits per heavy atom. The lowest BCUT2D eigenvalue weighted by Crippen LogP contribution is -2.59. The van der Waals surface area contributed by atoms with E-state index in [2.05, 4.69) is 11.8 Å². The van der Waals surface area contributed by atoms with E-state index >= 15 is 0 Å². The topological polar surface area (TPSA) is 23.5 Å². The summed E-state index contributed by atoms with van der Waals surface area (Å²) in [6.45, 7) is 4.80. The monoisotopic (exact) mass is 293 g/mol. The highest BCUT2D eigenvalue weighted by Gasteiger charge is 2.48. The standard InChI is InChI=1S/C19H35NO/c1-2-16-8-10-17(11-9-16)18(21)19(12-4-5-13-19)20-14-6-3-7-15-20/h16-18,21H,2-15H2,1H3. The molecular weight excluding hydrogens is 258 g/mol. The highest BCUT2D eigenvalue weighted by molar-refractivity contribution is 5.03. The van der Waals surface area contributed by atoms with Gasteiger partial charge in [0.15, 0.2) is 0 Å². The van der Waals surface area contributed by atoms with Crippen LogP contribution in [0.15, 0.2) is 0 Å². The minimum Gasteiger partial charge on any atom is -0.391 e. The predicted octanol–water partition coefficient (Wildman–Crippen LogP) is 4.36. The Balaban J connectivity index is 1.68. The van der Waals surface area contributed by atoms with Crippen LogP contribution in [-0.4, -0.2) is 34.7 Å². The fourth-order valence-electron chi connectivity index (χ4n) is 5.48. The number of piperidine rings is 1. The van der Waals surface area contributed by atoms with E-state index in [1.165, 1.54) is 90.1 Å². The number of aliphatic hydroxyl groups excluding tert-OH is 1. The molecule has 0 spiro atoms. The number of aliphatic hydroxyl groups is 1. The van der Waals surface area contributed by atoms with Crippen LogP contribution in [-0.2, 0) is 0 Å². The SMILES string of the molecule is CCC1CCC(C(O)C2(N3CCCCC3)CCCC2)CC1. The van der Waals surface area contributed by atoms with Crippen molar-refractivity contribution in [1.82, 2.24) is 4.90 Å². The summed E-state index contributed by atoms with van der Waals surface area (Å²) in [5, 5.41) is 11.3. The van der Waals surface area contributed by atoms with Gasteiger partial charge in [-0.3, -0.25) is 4.90 Å². The van der Waals surface area contributed by atoms with Gasteiger partial charge in [0.25, 0.3) is 0 Å². The number of rotatable bonds is 4. The summed E-state index contributed by atoms with van der Waals surface area (Å²) in [4.78, 5) is 2.71. The zero-order valence-electron chi connectivity index (χ0n) is 14.0. The van der Waals surface area contributed by atoms with E-state index in [0.717, 1.165) is 5.92 Å². The molecule has 0 bridgehead atoms. The first kappa shape index (κ1) is 15.8. The van der Waals surface area contributed by atoms with Gasteiger partial charge < -0.3 is 5.11 Å². The van der Waals surface area contributed by atoms with Gasteiger partial charge in [-0.1, -0.05) is 45.4 Å². The molecule has 0 radical (unpaired) electrons. The molecule has 1 N–H and O–H groups in total. The van der Waals surface area contributed by atoms with Gasteiger partial charge in [0, 0.05) is 5.54 Å². The van der Waals surface area contributed by atoms with E-state index in [1.807, 2.05) is 0 Å². The van der Waals surface area contributed by atoms with Gasteiger partial charge in [-0.2, -0.15) is 0 Å². The molecule has 2 heteroatoms. The first-order chi connectivity index (χ1) is 10.3. The summed E-state index contributed by atoms with van der Waals surface area (Å²) in [7, 11) is 0. The Morgan fingerprint density at radius 3 is 2.14 bits per heavy atom. The highest BCUT2D eigenvalue weighted by atomic mass is 16.3. The summed E-state index contributed by atoms with van der Waals surface area (Å²) in [6.07, 6.45) is 15.8. The van der Waals surface area contributed by atoms with Gasteiger partial charge in [-0.25, -0.2) is 0 Å². The Morgan fingerprint density at radius 1 is 0.952 bits per heavy atom. The molecule has 2 saturated carbocycles. The second-order valence-corrected chi connectivity index (χ2v) is 7.99. The van der Waals surface area contributed by atoms with Gasteiger partial charge in [-0.15, -0.1) is 0 Å². The lowest BCUT2D eigenvalue weighted by Gasteiger charge is -2.49. The van der Waals surface area contributed by atoms with Crippen LogP contribution >= 0.6 is 0 Å². The molecule has 0 amide bonds. The van der Waals surface area contributed by atoms with Gasteiger partial charge in [-0.05, 0) is 63.5 Å². The molecule has 1 saturated heterocycles. The minimum absolute atomic E-state index is 0.0593. The predicted molar refractivity (Wildman–Crippen MR) is 88.4 cm³/mol. The van der Waals surface area contributed by atoms with Crippen LogP contribution in [0.5, 0.6) is 0 Å². The molecule has 1 unspecified atom stereocenters. The summed E-state index contributed by atoms with van der Waals surface area (Å²) in [5.41, 5.74) is 0.157. The molecule has 2 nitrogen and oxygen atoms in total. The van der Waals surface area contributed by atoms with Crippen LogP contribution in [0.25, 0.3) is 0 Å². The van der Waals surface area contributed by atoms with Gasteiger partial charge in [0.2, 0.25) is 0 Å². The van der Waals surface area contributed by atoms with E-state index in [0.29, 0.717) is 5.92 Å². The molecule has 3 aliphatic rings. The molecule has 0 aromatic carbocycles. The van der Waals surface area contributed by atoms with Crippen LogP contribution in [0, 0.1) is 11.8 Å². The molecule has 2 aliphatic carbocycles. The molecule has 3 fully saturated rings. The molecule has 1 atom stereocenters. The maximum atomic E-state index is 11.3. The van der Waals surface area contributed by atoms with Crippen molar-refractivity contribution in [1.29, 1.82) is 0 Å². The Kier molecular flexibility index (Phi) is 5.27. The van der Waals surface area contributed by atoms with Crippen molar-refractivity contribution in [3.05, 3.63) is 0 Å². The number of likely N-dealkylation sites (tertiary alicyclic amines) is 1. The Hall–Kier alpha value is -0.0800. The molecule has 0 aromatic heterocycles.